The number of hydrogen-bond acceptors (Lipinski definition) is 3. The van der Waals surface area contributed by atoms with Crippen molar-refractivity contribution in [2.75, 3.05) is 12.4 Å². The van der Waals surface area contributed by atoms with Crippen molar-refractivity contribution in [3.05, 3.63) is 28.8 Å². The van der Waals surface area contributed by atoms with Crippen LogP contribution in [-0.2, 0) is 4.79 Å². The van der Waals surface area contributed by atoms with Gasteiger partial charge in [0.05, 0.1) is 10.6 Å². The van der Waals surface area contributed by atoms with Gasteiger partial charge in [-0.15, -0.1) is 12.4 Å². The van der Waals surface area contributed by atoms with Crippen molar-refractivity contribution in [2.24, 2.45) is 5.73 Å². The first-order chi connectivity index (χ1) is 8.93. The standard InChI is InChI=1S/C13H18ClN3O2.ClH/c1-8(15)3-6-12(18)17-9-4-5-10(11(14)7-9)13(19)16-2;/h4-5,7-8H,3,6,15H2,1-2H3,(H,16,19)(H,17,18);1H. The highest BCUT2D eigenvalue weighted by molar-refractivity contribution is 6.34. The van der Waals surface area contributed by atoms with Gasteiger partial charge in [-0.25, -0.2) is 0 Å². The number of carbonyl (C=O) groups is 2. The number of carbonyl (C=O) groups excluding carboxylic acids is 2. The summed E-state index contributed by atoms with van der Waals surface area (Å²) in [5, 5.41) is 5.50. The van der Waals surface area contributed by atoms with E-state index in [0.717, 1.165) is 0 Å². The number of hydrogen-bond donors (Lipinski definition) is 3. The molecule has 0 aliphatic rings. The van der Waals surface area contributed by atoms with Gasteiger partial charge in [0.2, 0.25) is 5.91 Å². The van der Waals surface area contributed by atoms with Crippen molar-refractivity contribution in [3.63, 3.8) is 0 Å². The van der Waals surface area contributed by atoms with Gasteiger partial charge < -0.3 is 16.4 Å². The molecule has 0 saturated carbocycles. The zero-order valence-electron chi connectivity index (χ0n) is 11.4. The second-order valence-electron chi connectivity index (χ2n) is 4.34. The van der Waals surface area contributed by atoms with E-state index in [4.69, 9.17) is 17.3 Å². The Labute approximate surface area is 129 Å². The molecule has 0 radical (unpaired) electrons. The van der Waals surface area contributed by atoms with Crippen molar-refractivity contribution in [2.45, 2.75) is 25.8 Å². The van der Waals surface area contributed by atoms with Gasteiger partial charge in [0.15, 0.2) is 0 Å². The molecule has 0 aromatic heterocycles. The lowest BCUT2D eigenvalue weighted by molar-refractivity contribution is -0.116. The lowest BCUT2D eigenvalue weighted by Crippen LogP contribution is -2.20. The number of anilines is 1. The topological polar surface area (TPSA) is 84.2 Å². The van der Waals surface area contributed by atoms with E-state index >= 15 is 0 Å². The second-order valence-corrected chi connectivity index (χ2v) is 4.75. The van der Waals surface area contributed by atoms with Gasteiger partial charge in [-0.1, -0.05) is 11.6 Å². The van der Waals surface area contributed by atoms with Crippen LogP contribution < -0.4 is 16.4 Å². The van der Waals surface area contributed by atoms with Crippen LogP contribution in [0.3, 0.4) is 0 Å². The van der Waals surface area contributed by atoms with E-state index in [-0.39, 0.29) is 30.3 Å². The van der Waals surface area contributed by atoms with Crippen molar-refractivity contribution >= 4 is 41.5 Å². The Kier molecular flexibility index (Phi) is 8.22. The van der Waals surface area contributed by atoms with E-state index in [2.05, 4.69) is 10.6 Å². The molecule has 0 heterocycles. The molecule has 5 nitrogen and oxygen atoms in total. The first-order valence-corrected chi connectivity index (χ1v) is 6.39. The summed E-state index contributed by atoms with van der Waals surface area (Å²) in [7, 11) is 1.53. The molecule has 0 fully saturated rings. The number of nitrogens with two attached hydrogens (primary N) is 1. The van der Waals surface area contributed by atoms with E-state index < -0.39 is 0 Å². The van der Waals surface area contributed by atoms with E-state index in [1.165, 1.54) is 7.05 Å². The van der Waals surface area contributed by atoms with Crippen molar-refractivity contribution in [3.8, 4) is 0 Å². The molecule has 1 rings (SSSR count). The fraction of sp³-hybridized carbons (Fsp3) is 0.385. The highest BCUT2D eigenvalue weighted by Gasteiger charge is 2.10. The molecule has 0 aliphatic carbocycles. The molecule has 2 amide bonds. The Hall–Kier alpha value is -1.30. The molecule has 0 bridgehead atoms. The normalized spacial score (nSPS) is 11.2. The van der Waals surface area contributed by atoms with Gasteiger partial charge in [-0.3, -0.25) is 9.59 Å². The monoisotopic (exact) mass is 319 g/mol. The van der Waals surface area contributed by atoms with Crippen LogP contribution in [0.25, 0.3) is 0 Å². The molecule has 0 aliphatic heterocycles. The van der Waals surface area contributed by atoms with Crippen LogP contribution in [-0.4, -0.2) is 24.9 Å². The smallest absolute Gasteiger partial charge is 0.252 e. The van der Waals surface area contributed by atoms with Gasteiger partial charge in [-0.05, 0) is 31.5 Å². The minimum Gasteiger partial charge on any atom is -0.355 e. The number of rotatable bonds is 5. The zero-order chi connectivity index (χ0) is 14.4. The zero-order valence-corrected chi connectivity index (χ0v) is 13.0. The van der Waals surface area contributed by atoms with Gasteiger partial charge >= 0.3 is 0 Å². The number of amides is 2. The van der Waals surface area contributed by atoms with Crippen LogP contribution in [0.1, 0.15) is 30.1 Å². The Morgan fingerprint density at radius 3 is 2.55 bits per heavy atom. The van der Waals surface area contributed by atoms with Gasteiger partial charge in [0, 0.05) is 25.2 Å². The van der Waals surface area contributed by atoms with Crippen molar-refractivity contribution in [1.29, 1.82) is 0 Å². The predicted molar refractivity (Wildman–Crippen MR) is 83.6 cm³/mol. The highest BCUT2D eigenvalue weighted by atomic mass is 35.5. The van der Waals surface area contributed by atoms with Crippen molar-refractivity contribution in [1.82, 2.24) is 5.32 Å². The van der Waals surface area contributed by atoms with Crippen molar-refractivity contribution < 1.29 is 9.59 Å². The van der Waals surface area contributed by atoms with Gasteiger partial charge in [0.1, 0.15) is 0 Å². The summed E-state index contributed by atoms with van der Waals surface area (Å²) in [4.78, 5) is 23.1. The Balaban J connectivity index is 0.00000361. The molecule has 7 heteroatoms. The fourth-order valence-electron chi connectivity index (χ4n) is 1.49. The molecule has 20 heavy (non-hydrogen) atoms. The summed E-state index contributed by atoms with van der Waals surface area (Å²) in [6, 6.07) is 4.75. The maximum Gasteiger partial charge on any atom is 0.252 e. The molecule has 1 unspecified atom stereocenters. The summed E-state index contributed by atoms with van der Waals surface area (Å²) in [5.74, 6) is -0.388. The van der Waals surface area contributed by atoms with Crippen LogP contribution >= 0.6 is 24.0 Å². The third-order valence-electron chi connectivity index (χ3n) is 2.55. The Morgan fingerprint density at radius 2 is 2.05 bits per heavy atom. The number of benzene rings is 1. The maximum absolute atomic E-state index is 11.6. The van der Waals surface area contributed by atoms with Crippen LogP contribution in [0.5, 0.6) is 0 Å². The van der Waals surface area contributed by atoms with E-state index in [0.29, 0.717) is 29.1 Å². The Bertz CT molecular complexity index is 479. The molecule has 4 N–H and O–H groups in total. The summed E-state index contributed by atoms with van der Waals surface area (Å²) in [6.07, 6.45) is 0.975. The highest BCUT2D eigenvalue weighted by Crippen LogP contribution is 2.21. The molecule has 1 aromatic carbocycles. The minimum absolute atomic E-state index is 0. The average molecular weight is 320 g/mol. The molecule has 0 spiro atoms. The first-order valence-electron chi connectivity index (χ1n) is 6.01. The first kappa shape index (κ1) is 18.7. The third kappa shape index (κ3) is 5.77. The van der Waals surface area contributed by atoms with E-state index in [1.54, 1.807) is 18.2 Å². The van der Waals surface area contributed by atoms with E-state index in [9.17, 15) is 9.59 Å². The molecule has 112 valence electrons. The number of halogens is 2. The SMILES string of the molecule is CNC(=O)c1ccc(NC(=O)CCC(C)N)cc1Cl.Cl. The molecule has 0 saturated heterocycles. The third-order valence-corrected chi connectivity index (χ3v) is 2.86. The predicted octanol–water partition coefficient (Wildman–Crippen LogP) is 2.19. The Morgan fingerprint density at radius 1 is 1.40 bits per heavy atom. The minimum atomic E-state index is -0.264. The second kappa shape index (κ2) is 8.79. The van der Waals surface area contributed by atoms with Crippen LogP contribution in [0.15, 0.2) is 18.2 Å². The molecular formula is C13H19Cl2N3O2. The quantitative estimate of drug-likeness (QED) is 0.777. The maximum atomic E-state index is 11.6. The summed E-state index contributed by atoms with van der Waals surface area (Å²) in [5.41, 5.74) is 6.52. The van der Waals surface area contributed by atoms with E-state index in [1.807, 2.05) is 6.92 Å². The summed E-state index contributed by atoms with van der Waals surface area (Å²) < 4.78 is 0. The largest absolute Gasteiger partial charge is 0.355 e. The lowest BCUT2D eigenvalue weighted by atomic mass is 10.1. The molecule has 1 atom stereocenters. The lowest BCUT2D eigenvalue weighted by Gasteiger charge is -2.09. The van der Waals surface area contributed by atoms with Crippen LogP contribution in [0.4, 0.5) is 5.69 Å². The summed E-state index contributed by atoms with van der Waals surface area (Å²) >= 11 is 5.98. The van der Waals surface area contributed by atoms with Gasteiger partial charge in [0.25, 0.3) is 5.91 Å². The molecular weight excluding hydrogens is 301 g/mol. The average Bonchev–Trinajstić information content (AvgIpc) is 2.35. The number of nitrogens with one attached hydrogen (secondary N) is 2. The van der Waals surface area contributed by atoms with Gasteiger partial charge in [-0.2, -0.15) is 0 Å². The summed E-state index contributed by atoms with van der Waals surface area (Å²) in [6.45, 7) is 1.85. The van der Waals surface area contributed by atoms with Crippen LogP contribution in [0.2, 0.25) is 5.02 Å². The fourth-order valence-corrected chi connectivity index (χ4v) is 1.76. The van der Waals surface area contributed by atoms with Crippen LogP contribution in [0, 0.1) is 0 Å². The molecule has 1 aromatic rings.